The van der Waals surface area contributed by atoms with E-state index in [9.17, 15) is 9.18 Å². The van der Waals surface area contributed by atoms with E-state index in [-0.39, 0.29) is 5.69 Å². The zero-order valence-electron chi connectivity index (χ0n) is 9.77. The molecule has 0 spiro atoms. The number of hydrogen-bond acceptors (Lipinski definition) is 3. The normalized spacial score (nSPS) is 10.1. The Morgan fingerprint density at radius 3 is 2.72 bits per heavy atom. The molecule has 0 bridgehead atoms. The van der Waals surface area contributed by atoms with Gasteiger partial charge in [0.1, 0.15) is 11.5 Å². The number of nitrogen functional groups attached to an aromatic ring is 1. The van der Waals surface area contributed by atoms with Gasteiger partial charge in [0, 0.05) is 11.4 Å². The Balaban J connectivity index is 2.16. The molecule has 0 fully saturated rings. The molecular weight excluding hydrogens is 233 g/mol. The summed E-state index contributed by atoms with van der Waals surface area (Å²) in [7, 11) is 0. The van der Waals surface area contributed by atoms with Crippen molar-refractivity contribution in [3.8, 4) is 0 Å². The molecule has 2 rings (SSSR count). The van der Waals surface area contributed by atoms with Crippen LogP contribution < -0.4 is 11.1 Å². The lowest BCUT2D eigenvalue weighted by Crippen LogP contribution is -2.13. The van der Waals surface area contributed by atoms with E-state index in [1.54, 1.807) is 12.1 Å². The number of nitrogens with two attached hydrogens (primary N) is 1. The fourth-order valence-electron chi connectivity index (χ4n) is 1.42. The summed E-state index contributed by atoms with van der Waals surface area (Å²) in [6.45, 7) is 1.88. The summed E-state index contributed by atoms with van der Waals surface area (Å²) < 4.78 is 12.7. The molecular formula is C13H12FN3O. The van der Waals surface area contributed by atoms with Gasteiger partial charge in [-0.05, 0) is 36.8 Å². The summed E-state index contributed by atoms with van der Waals surface area (Å²) in [6, 6.07) is 7.72. The Morgan fingerprint density at radius 2 is 2.11 bits per heavy atom. The summed E-state index contributed by atoms with van der Waals surface area (Å²) in [5.74, 6) is -0.885. The van der Waals surface area contributed by atoms with Crippen LogP contribution in [0, 0.1) is 12.7 Å². The largest absolute Gasteiger partial charge is 0.398 e. The van der Waals surface area contributed by atoms with Crippen LogP contribution in [0.15, 0.2) is 36.5 Å². The molecule has 0 atom stereocenters. The number of nitrogens with zero attached hydrogens (tertiary/aromatic N) is 1. The number of nitrogens with one attached hydrogen (secondary N) is 1. The van der Waals surface area contributed by atoms with Crippen molar-refractivity contribution < 1.29 is 9.18 Å². The van der Waals surface area contributed by atoms with Crippen LogP contribution in [-0.4, -0.2) is 10.9 Å². The van der Waals surface area contributed by atoms with Crippen LogP contribution in [0.4, 0.5) is 15.8 Å². The van der Waals surface area contributed by atoms with Gasteiger partial charge in [-0.2, -0.15) is 0 Å². The first-order valence-corrected chi connectivity index (χ1v) is 5.35. The zero-order chi connectivity index (χ0) is 13.1. The van der Waals surface area contributed by atoms with Crippen molar-refractivity contribution in [2.24, 2.45) is 0 Å². The van der Waals surface area contributed by atoms with Crippen molar-refractivity contribution in [2.75, 3.05) is 11.1 Å². The van der Waals surface area contributed by atoms with Crippen LogP contribution in [-0.2, 0) is 0 Å². The first-order chi connectivity index (χ1) is 8.56. The van der Waals surface area contributed by atoms with Crippen LogP contribution in [0.3, 0.4) is 0 Å². The third kappa shape index (κ3) is 2.63. The van der Waals surface area contributed by atoms with E-state index in [0.717, 1.165) is 11.8 Å². The number of carbonyl (C=O) groups is 1. The standard InChI is InChI=1S/C13H12FN3O/c1-8-2-4-10(6-11(8)15)17-13(18)12-5-3-9(14)7-16-12/h2-7H,15H2,1H3,(H,17,18). The number of pyridine rings is 1. The highest BCUT2D eigenvalue weighted by atomic mass is 19.1. The molecule has 1 aromatic carbocycles. The number of anilines is 2. The quantitative estimate of drug-likeness (QED) is 0.798. The monoisotopic (exact) mass is 245 g/mol. The molecule has 0 unspecified atom stereocenters. The lowest BCUT2D eigenvalue weighted by atomic mass is 10.2. The molecule has 92 valence electrons. The van der Waals surface area contributed by atoms with E-state index in [4.69, 9.17) is 5.73 Å². The van der Waals surface area contributed by atoms with Gasteiger partial charge in [-0.1, -0.05) is 6.07 Å². The number of halogens is 1. The molecule has 1 heterocycles. The highest BCUT2D eigenvalue weighted by Crippen LogP contribution is 2.17. The van der Waals surface area contributed by atoms with E-state index in [0.29, 0.717) is 11.4 Å². The number of aromatic nitrogens is 1. The van der Waals surface area contributed by atoms with E-state index in [1.165, 1.54) is 12.1 Å². The number of hydrogen-bond donors (Lipinski definition) is 2. The lowest BCUT2D eigenvalue weighted by molar-refractivity contribution is 0.102. The molecule has 0 aliphatic heterocycles. The highest BCUT2D eigenvalue weighted by Gasteiger charge is 2.08. The smallest absolute Gasteiger partial charge is 0.274 e. The van der Waals surface area contributed by atoms with Crippen LogP contribution in [0.1, 0.15) is 16.1 Å². The fraction of sp³-hybridized carbons (Fsp3) is 0.0769. The number of aryl methyl sites for hydroxylation is 1. The minimum atomic E-state index is -0.480. The van der Waals surface area contributed by atoms with Crippen LogP contribution in [0.25, 0.3) is 0 Å². The minimum absolute atomic E-state index is 0.149. The molecule has 3 N–H and O–H groups in total. The summed E-state index contributed by atoms with van der Waals surface area (Å²) in [4.78, 5) is 15.5. The second-order valence-electron chi connectivity index (χ2n) is 3.89. The van der Waals surface area contributed by atoms with Gasteiger partial charge in [0.05, 0.1) is 6.20 Å². The van der Waals surface area contributed by atoms with Gasteiger partial charge in [0.25, 0.3) is 5.91 Å². The van der Waals surface area contributed by atoms with Gasteiger partial charge in [0.15, 0.2) is 0 Å². The minimum Gasteiger partial charge on any atom is -0.398 e. The number of rotatable bonds is 2. The molecule has 5 heteroatoms. The summed E-state index contributed by atoms with van der Waals surface area (Å²) >= 11 is 0. The maximum absolute atomic E-state index is 12.7. The highest BCUT2D eigenvalue weighted by molar-refractivity contribution is 6.03. The molecule has 0 saturated carbocycles. The third-order valence-electron chi connectivity index (χ3n) is 2.50. The van der Waals surface area contributed by atoms with Gasteiger partial charge in [-0.15, -0.1) is 0 Å². The Labute approximate surface area is 104 Å². The maximum atomic E-state index is 12.7. The van der Waals surface area contributed by atoms with Crippen molar-refractivity contribution in [2.45, 2.75) is 6.92 Å². The van der Waals surface area contributed by atoms with Crippen molar-refractivity contribution in [1.82, 2.24) is 4.98 Å². The van der Waals surface area contributed by atoms with Gasteiger partial charge < -0.3 is 11.1 Å². The topological polar surface area (TPSA) is 68.0 Å². The second kappa shape index (κ2) is 4.83. The zero-order valence-corrected chi connectivity index (χ0v) is 9.77. The van der Waals surface area contributed by atoms with Crippen LogP contribution >= 0.6 is 0 Å². The van der Waals surface area contributed by atoms with Gasteiger partial charge in [-0.3, -0.25) is 4.79 Å². The number of carbonyl (C=O) groups excluding carboxylic acids is 1. The maximum Gasteiger partial charge on any atom is 0.274 e. The van der Waals surface area contributed by atoms with Crippen molar-refractivity contribution in [1.29, 1.82) is 0 Å². The molecule has 0 saturated heterocycles. The summed E-state index contributed by atoms with van der Waals surface area (Å²) in [5.41, 5.74) is 8.00. The van der Waals surface area contributed by atoms with E-state index < -0.39 is 11.7 Å². The summed E-state index contributed by atoms with van der Waals surface area (Å²) in [6.07, 6.45) is 0.998. The Hall–Kier alpha value is -2.43. The van der Waals surface area contributed by atoms with E-state index in [1.807, 2.05) is 13.0 Å². The molecule has 0 radical (unpaired) electrons. The van der Waals surface area contributed by atoms with Crippen LogP contribution in [0.5, 0.6) is 0 Å². The fourth-order valence-corrected chi connectivity index (χ4v) is 1.42. The van der Waals surface area contributed by atoms with Crippen molar-refractivity contribution >= 4 is 17.3 Å². The lowest BCUT2D eigenvalue weighted by Gasteiger charge is -2.07. The van der Waals surface area contributed by atoms with Crippen molar-refractivity contribution in [3.05, 3.63) is 53.6 Å². The Morgan fingerprint density at radius 1 is 1.33 bits per heavy atom. The van der Waals surface area contributed by atoms with E-state index in [2.05, 4.69) is 10.3 Å². The molecule has 18 heavy (non-hydrogen) atoms. The predicted molar refractivity (Wildman–Crippen MR) is 67.7 cm³/mol. The molecule has 0 aliphatic rings. The molecule has 4 nitrogen and oxygen atoms in total. The van der Waals surface area contributed by atoms with Gasteiger partial charge >= 0.3 is 0 Å². The molecule has 2 aromatic rings. The molecule has 0 aliphatic carbocycles. The SMILES string of the molecule is Cc1ccc(NC(=O)c2ccc(F)cn2)cc1N. The second-order valence-corrected chi connectivity index (χ2v) is 3.89. The number of benzene rings is 1. The Kier molecular flexibility index (Phi) is 3.23. The van der Waals surface area contributed by atoms with Crippen molar-refractivity contribution in [3.63, 3.8) is 0 Å². The third-order valence-corrected chi connectivity index (χ3v) is 2.50. The van der Waals surface area contributed by atoms with E-state index >= 15 is 0 Å². The first-order valence-electron chi connectivity index (χ1n) is 5.35. The molecule has 1 amide bonds. The average molecular weight is 245 g/mol. The molecule has 1 aromatic heterocycles. The van der Waals surface area contributed by atoms with Gasteiger partial charge in [0.2, 0.25) is 0 Å². The summed E-state index contributed by atoms with van der Waals surface area (Å²) in [5, 5.41) is 2.64. The predicted octanol–water partition coefficient (Wildman–Crippen LogP) is 2.36. The Bertz CT molecular complexity index is 581. The first kappa shape index (κ1) is 12.0. The number of amides is 1. The van der Waals surface area contributed by atoms with Gasteiger partial charge in [-0.25, -0.2) is 9.37 Å². The average Bonchev–Trinajstić information content (AvgIpc) is 2.34. The van der Waals surface area contributed by atoms with Crippen LogP contribution in [0.2, 0.25) is 0 Å².